The molecule has 0 aliphatic rings. The Morgan fingerprint density at radius 2 is 2.07 bits per heavy atom. The fourth-order valence-electron chi connectivity index (χ4n) is 2.27. The molecule has 148 valence electrons. The number of alkyl halides is 2. The molecule has 2 N–H and O–H groups in total. The molecule has 0 aliphatic carbocycles. The minimum Gasteiger partial charge on any atom is -0.490 e. The Balaban J connectivity index is 2.07. The van der Waals surface area contributed by atoms with E-state index < -0.39 is 6.61 Å². The summed E-state index contributed by atoms with van der Waals surface area (Å²) < 4.78 is 36.5. The van der Waals surface area contributed by atoms with Crippen LogP contribution in [0.1, 0.15) is 25.2 Å². The summed E-state index contributed by atoms with van der Waals surface area (Å²) in [6, 6.07) is 4.79. The number of aromatic nitrogens is 3. The Morgan fingerprint density at radius 1 is 1.26 bits per heavy atom. The summed E-state index contributed by atoms with van der Waals surface area (Å²) in [4.78, 5) is 8.64. The molecule has 0 fully saturated rings. The van der Waals surface area contributed by atoms with Gasteiger partial charge in [0.1, 0.15) is 12.2 Å². The number of benzene rings is 1. The number of nitrogens with one attached hydrogen (secondary N) is 2. The molecule has 1 aromatic carbocycles. The highest BCUT2D eigenvalue weighted by atomic mass is 19.3. The predicted molar refractivity (Wildman–Crippen MR) is 96.9 cm³/mol. The lowest BCUT2D eigenvalue weighted by Crippen LogP contribution is -2.37. The molecule has 0 spiro atoms. The summed E-state index contributed by atoms with van der Waals surface area (Å²) in [6.45, 7) is 2.67. The first-order chi connectivity index (χ1) is 13.0. The fraction of sp³-hybridized carbons (Fsp3) is 0.471. The molecular weight excluding hydrogens is 358 g/mol. The van der Waals surface area contributed by atoms with Gasteiger partial charge in [-0.2, -0.15) is 13.9 Å². The van der Waals surface area contributed by atoms with Crippen LogP contribution in [0.5, 0.6) is 11.5 Å². The summed E-state index contributed by atoms with van der Waals surface area (Å²) in [5.41, 5.74) is 0.802. The molecule has 0 radical (unpaired) electrons. The van der Waals surface area contributed by atoms with Crippen molar-refractivity contribution in [1.82, 2.24) is 25.4 Å². The number of aryl methyl sites for hydroxylation is 1. The maximum Gasteiger partial charge on any atom is 0.387 e. The second-order valence-electron chi connectivity index (χ2n) is 5.44. The van der Waals surface area contributed by atoms with Crippen molar-refractivity contribution in [3.8, 4) is 11.5 Å². The average molecular weight is 382 g/mol. The van der Waals surface area contributed by atoms with Crippen LogP contribution >= 0.6 is 0 Å². The highest BCUT2D eigenvalue weighted by molar-refractivity contribution is 5.79. The molecule has 0 saturated heterocycles. The lowest BCUT2D eigenvalue weighted by Gasteiger charge is -2.13. The van der Waals surface area contributed by atoms with Gasteiger partial charge in [0.05, 0.1) is 19.7 Å². The quantitative estimate of drug-likeness (QED) is 0.510. The zero-order valence-corrected chi connectivity index (χ0v) is 15.6. The number of aliphatic imine (C=N–C) groups is 1. The molecule has 0 unspecified atom stereocenters. The maximum atomic E-state index is 12.5. The highest BCUT2D eigenvalue weighted by Crippen LogP contribution is 2.30. The third-order valence-electron chi connectivity index (χ3n) is 3.51. The molecule has 2 aromatic rings. The molecule has 10 heteroatoms. The van der Waals surface area contributed by atoms with Crippen LogP contribution in [0.3, 0.4) is 0 Å². The third kappa shape index (κ3) is 6.39. The van der Waals surface area contributed by atoms with Crippen molar-refractivity contribution in [2.45, 2.75) is 33.5 Å². The zero-order chi connectivity index (χ0) is 19.6. The predicted octanol–water partition coefficient (Wildman–Crippen LogP) is 2.07. The largest absolute Gasteiger partial charge is 0.490 e. The first-order valence-electron chi connectivity index (χ1n) is 8.59. The molecular formula is C17H24F2N6O2. The van der Waals surface area contributed by atoms with Gasteiger partial charge in [0, 0.05) is 13.6 Å². The Bertz CT molecular complexity index is 751. The van der Waals surface area contributed by atoms with Gasteiger partial charge in [-0.05, 0) is 31.5 Å². The van der Waals surface area contributed by atoms with Gasteiger partial charge < -0.3 is 20.1 Å². The summed E-state index contributed by atoms with van der Waals surface area (Å²) in [5, 5.41) is 10.3. The van der Waals surface area contributed by atoms with E-state index in [0.29, 0.717) is 32.2 Å². The zero-order valence-electron chi connectivity index (χ0n) is 15.6. The molecule has 8 nitrogen and oxygen atoms in total. The van der Waals surface area contributed by atoms with Crippen LogP contribution in [0, 0.1) is 0 Å². The standard InChI is InChI=1S/C17H24F2N6O2/c1-4-20-17(22-10-15-23-11-24-25(15)3)21-9-12-6-7-13(27-16(18)19)14(8-12)26-5-2/h6-8,11,16H,4-5,9-10H2,1-3H3,(H2,20,21,22). The van der Waals surface area contributed by atoms with Gasteiger partial charge in [-0.1, -0.05) is 6.07 Å². The number of guanidine groups is 1. The number of ether oxygens (including phenoxy) is 2. The smallest absolute Gasteiger partial charge is 0.387 e. The molecule has 2 rings (SSSR count). The third-order valence-corrected chi connectivity index (χ3v) is 3.51. The van der Waals surface area contributed by atoms with Crippen molar-refractivity contribution >= 4 is 5.96 Å². The maximum absolute atomic E-state index is 12.5. The van der Waals surface area contributed by atoms with Gasteiger partial charge in [0.2, 0.25) is 0 Å². The Labute approximate surface area is 156 Å². The molecule has 0 bridgehead atoms. The second-order valence-corrected chi connectivity index (χ2v) is 5.44. The van der Waals surface area contributed by atoms with Crippen LogP contribution in [-0.4, -0.2) is 40.5 Å². The summed E-state index contributed by atoms with van der Waals surface area (Å²) in [5.74, 6) is 1.65. The first-order valence-corrected chi connectivity index (χ1v) is 8.59. The van der Waals surface area contributed by atoms with E-state index >= 15 is 0 Å². The number of hydrogen-bond acceptors (Lipinski definition) is 5. The highest BCUT2D eigenvalue weighted by Gasteiger charge is 2.11. The Hall–Kier alpha value is -2.91. The lowest BCUT2D eigenvalue weighted by atomic mass is 10.2. The fourth-order valence-corrected chi connectivity index (χ4v) is 2.27. The van der Waals surface area contributed by atoms with Crippen molar-refractivity contribution in [2.75, 3.05) is 13.2 Å². The van der Waals surface area contributed by atoms with Crippen molar-refractivity contribution < 1.29 is 18.3 Å². The minimum absolute atomic E-state index is 0.00638. The normalized spacial score (nSPS) is 11.6. The number of hydrogen-bond donors (Lipinski definition) is 2. The minimum atomic E-state index is -2.90. The lowest BCUT2D eigenvalue weighted by molar-refractivity contribution is -0.0514. The van der Waals surface area contributed by atoms with Crippen LogP contribution in [0.2, 0.25) is 0 Å². The topological polar surface area (TPSA) is 85.6 Å². The van der Waals surface area contributed by atoms with Crippen LogP contribution < -0.4 is 20.1 Å². The van der Waals surface area contributed by atoms with Crippen molar-refractivity contribution in [1.29, 1.82) is 0 Å². The van der Waals surface area contributed by atoms with Crippen molar-refractivity contribution in [2.24, 2.45) is 12.0 Å². The van der Waals surface area contributed by atoms with E-state index in [0.717, 1.165) is 11.4 Å². The number of rotatable bonds is 9. The molecule has 0 aliphatic heterocycles. The van der Waals surface area contributed by atoms with Gasteiger partial charge in [0.25, 0.3) is 0 Å². The second kappa shape index (κ2) is 10.3. The van der Waals surface area contributed by atoms with Gasteiger partial charge in [0.15, 0.2) is 17.5 Å². The van der Waals surface area contributed by atoms with Gasteiger partial charge >= 0.3 is 6.61 Å². The molecule has 0 saturated carbocycles. The van der Waals surface area contributed by atoms with Crippen LogP contribution in [0.4, 0.5) is 8.78 Å². The van der Waals surface area contributed by atoms with E-state index in [-0.39, 0.29) is 11.5 Å². The summed E-state index contributed by atoms with van der Waals surface area (Å²) in [7, 11) is 1.81. The summed E-state index contributed by atoms with van der Waals surface area (Å²) in [6.07, 6.45) is 1.49. The molecule has 1 aromatic heterocycles. The van der Waals surface area contributed by atoms with Crippen molar-refractivity contribution in [3.05, 3.63) is 35.9 Å². The molecule has 27 heavy (non-hydrogen) atoms. The van der Waals surface area contributed by atoms with Gasteiger partial charge in [-0.15, -0.1) is 0 Å². The van der Waals surface area contributed by atoms with E-state index in [1.807, 2.05) is 14.0 Å². The molecule has 1 heterocycles. The summed E-state index contributed by atoms with van der Waals surface area (Å²) >= 11 is 0. The number of halogens is 2. The van der Waals surface area contributed by atoms with E-state index in [2.05, 4.69) is 30.4 Å². The van der Waals surface area contributed by atoms with Gasteiger partial charge in [-0.25, -0.2) is 9.98 Å². The Morgan fingerprint density at radius 3 is 2.70 bits per heavy atom. The molecule has 0 amide bonds. The van der Waals surface area contributed by atoms with Crippen molar-refractivity contribution in [3.63, 3.8) is 0 Å². The van der Waals surface area contributed by atoms with Crippen LogP contribution in [-0.2, 0) is 20.1 Å². The molecule has 0 atom stereocenters. The van der Waals surface area contributed by atoms with E-state index in [4.69, 9.17) is 4.74 Å². The van der Waals surface area contributed by atoms with Gasteiger partial charge in [-0.3, -0.25) is 4.68 Å². The van der Waals surface area contributed by atoms with Crippen LogP contribution in [0.15, 0.2) is 29.5 Å². The van der Waals surface area contributed by atoms with E-state index in [9.17, 15) is 8.78 Å². The van der Waals surface area contributed by atoms with E-state index in [1.165, 1.54) is 12.4 Å². The Kier molecular flexibility index (Phi) is 7.78. The van der Waals surface area contributed by atoms with Crippen LogP contribution in [0.25, 0.3) is 0 Å². The number of nitrogens with zero attached hydrogens (tertiary/aromatic N) is 4. The monoisotopic (exact) mass is 382 g/mol. The average Bonchev–Trinajstić information content (AvgIpc) is 3.04. The van der Waals surface area contributed by atoms with E-state index in [1.54, 1.807) is 23.7 Å². The first kappa shape index (κ1) is 20.4. The SMILES string of the molecule is CCNC(=NCc1ccc(OC(F)F)c(OCC)c1)NCc1ncnn1C.